The van der Waals surface area contributed by atoms with Crippen LogP contribution >= 0.6 is 0 Å². The van der Waals surface area contributed by atoms with Crippen LogP contribution in [0.15, 0.2) is 24.3 Å². The van der Waals surface area contributed by atoms with Gasteiger partial charge in [0.05, 0.1) is 0 Å². The third-order valence-electron chi connectivity index (χ3n) is 4.09. The van der Waals surface area contributed by atoms with E-state index in [4.69, 9.17) is 5.73 Å². The number of benzene rings is 1. The van der Waals surface area contributed by atoms with E-state index in [2.05, 4.69) is 13.8 Å². The summed E-state index contributed by atoms with van der Waals surface area (Å²) in [5.41, 5.74) is 7.20. The van der Waals surface area contributed by atoms with E-state index in [0.29, 0.717) is 11.8 Å². The van der Waals surface area contributed by atoms with Gasteiger partial charge in [0.2, 0.25) is 0 Å². The van der Waals surface area contributed by atoms with Crippen molar-refractivity contribution in [2.24, 2.45) is 17.6 Å². The summed E-state index contributed by atoms with van der Waals surface area (Å²) in [6.45, 7) is 4.52. The Morgan fingerprint density at radius 1 is 1.44 bits per heavy atom. The third-order valence-corrected chi connectivity index (χ3v) is 4.09. The predicted molar refractivity (Wildman–Crippen MR) is 73.7 cm³/mol. The van der Waals surface area contributed by atoms with Gasteiger partial charge in [0.15, 0.2) is 0 Å². The Labute approximate surface area is 110 Å². The van der Waals surface area contributed by atoms with Crippen molar-refractivity contribution >= 4 is 0 Å². The highest BCUT2D eigenvalue weighted by Crippen LogP contribution is 2.40. The standard InChI is InChI=1S/C16H24FN/c1-12(2)9-13-5-4-8-16(18,11-13)14-6-3-7-15(17)10-14/h3,6-7,10,12-13H,4-5,8-9,11,18H2,1-2H3. The van der Waals surface area contributed by atoms with E-state index >= 15 is 0 Å². The van der Waals surface area contributed by atoms with Crippen LogP contribution in [-0.4, -0.2) is 0 Å². The van der Waals surface area contributed by atoms with Gasteiger partial charge < -0.3 is 5.73 Å². The fraction of sp³-hybridized carbons (Fsp3) is 0.625. The molecule has 100 valence electrons. The summed E-state index contributed by atoms with van der Waals surface area (Å²) in [5.74, 6) is 1.22. The number of hydrogen-bond donors (Lipinski definition) is 1. The van der Waals surface area contributed by atoms with Crippen molar-refractivity contribution in [1.82, 2.24) is 0 Å². The highest BCUT2D eigenvalue weighted by Gasteiger charge is 2.34. The lowest BCUT2D eigenvalue weighted by Gasteiger charge is -2.39. The van der Waals surface area contributed by atoms with Crippen LogP contribution in [0.5, 0.6) is 0 Å². The van der Waals surface area contributed by atoms with Crippen LogP contribution < -0.4 is 5.73 Å². The van der Waals surface area contributed by atoms with Crippen molar-refractivity contribution in [3.05, 3.63) is 35.6 Å². The molecular weight excluding hydrogens is 225 g/mol. The van der Waals surface area contributed by atoms with Crippen LogP contribution in [0.25, 0.3) is 0 Å². The van der Waals surface area contributed by atoms with E-state index in [1.165, 1.54) is 18.9 Å². The van der Waals surface area contributed by atoms with Crippen LogP contribution in [-0.2, 0) is 5.54 Å². The first-order valence-corrected chi connectivity index (χ1v) is 7.04. The Morgan fingerprint density at radius 3 is 2.89 bits per heavy atom. The van der Waals surface area contributed by atoms with E-state index in [1.54, 1.807) is 12.1 Å². The lowest BCUT2D eigenvalue weighted by atomic mass is 9.70. The number of nitrogens with two attached hydrogens (primary N) is 1. The molecule has 0 radical (unpaired) electrons. The van der Waals surface area contributed by atoms with Gasteiger partial charge in [0.25, 0.3) is 0 Å². The van der Waals surface area contributed by atoms with E-state index in [0.717, 1.165) is 24.8 Å². The molecule has 1 aromatic carbocycles. The minimum absolute atomic E-state index is 0.177. The van der Waals surface area contributed by atoms with Gasteiger partial charge in [-0.2, -0.15) is 0 Å². The van der Waals surface area contributed by atoms with Crippen LogP contribution in [0.4, 0.5) is 4.39 Å². The van der Waals surface area contributed by atoms with E-state index < -0.39 is 0 Å². The molecule has 0 saturated heterocycles. The zero-order valence-corrected chi connectivity index (χ0v) is 11.5. The highest BCUT2D eigenvalue weighted by atomic mass is 19.1. The van der Waals surface area contributed by atoms with Crippen LogP contribution in [0.2, 0.25) is 0 Å². The maximum Gasteiger partial charge on any atom is 0.123 e. The molecule has 0 bridgehead atoms. The second-order valence-electron chi connectivity index (χ2n) is 6.26. The average Bonchev–Trinajstić information content (AvgIpc) is 2.28. The molecule has 1 aromatic rings. The second-order valence-corrected chi connectivity index (χ2v) is 6.26. The molecule has 0 heterocycles. The van der Waals surface area contributed by atoms with Gasteiger partial charge >= 0.3 is 0 Å². The van der Waals surface area contributed by atoms with Crippen molar-refractivity contribution in [3.63, 3.8) is 0 Å². The molecule has 2 unspecified atom stereocenters. The minimum atomic E-state index is -0.320. The van der Waals surface area contributed by atoms with Gasteiger partial charge in [-0.15, -0.1) is 0 Å². The fourth-order valence-corrected chi connectivity index (χ4v) is 3.35. The zero-order chi connectivity index (χ0) is 13.2. The number of hydrogen-bond acceptors (Lipinski definition) is 1. The summed E-state index contributed by atoms with van der Waals surface area (Å²) in [6, 6.07) is 6.84. The maximum atomic E-state index is 13.3. The normalized spacial score (nSPS) is 28.6. The summed E-state index contributed by atoms with van der Waals surface area (Å²) in [7, 11) is 0. The Hall–Kier alpha value is -0.890. The molecule has 0 aromatic heterocycles. The summed E-state index contributed by atoms with van der Waals surface area (Å²) < 4.78 is 13.3. The Balaban J connectivity index is 2.15. The van der Waals surface area contributed by atoms with Crippen LogP contribution in [0.3, 0.4) is 0 Å². The van der Waals surface area contributed by atoms with Gasteiger partial charge in [0, 0.05) is 5.54 Å². The smallest absolute Gasteiger partial charge is 0.123 e. The molecule has 1 nitrogen and oxygen atoms in total. The summed E-state index contributed by atoms with van der Waals surface area (Å²) in [6.07, 6.45) is 5.63. The largest absolute Gasteiger partial charge is 0.321 e. The predicted octanol–water partition coefficient (Wildman–Crippen LogP) is 4.22. The average molecular weight is 249 g/mol. The summed E-state index contributed by atoms with van der Waals surface area (Å²) >= 11 is 0. The van der Waals surface area contributed by atoms with Crippen LogP contribution in [0.1, 0.15) is 51.5 Å². The molecular formula is C16H24FN. The molecule has 2 N–H and O–H groups in total. The summed E-state index contributed by atoms with van der Waals surface area (Å²) in [5, 5.41) is 0. The molecule has 2 atom stereocenters. The lowest BCUT2D eigenvalue weighted by Crippen LogP contribution is -2.41. The van der Waals surface area contributed by atoms with Gasteiger partial charge in [-0.1, -0.05) is 38.8 Å². The molecule has 0 aliphatic heterocycles. The molecule has 2 rings (SSSR count). The SMILES string of the molecule is CC(C)CC1CCCC(N)(c2cccc(F)c2)C1. The van der Waals surface area contributed by atoms with Gasteiger partial charge in [-0.25, -0.2) is 4.39 Å². The number of halogens is 1. The quantitative estimate of drug-likeness (QED) is 0.853. The molecule has 1 fully saturated rings. The Morgan fingerprint density at radius 2 is 2.22 bits per heavy atom. The van der Waals surface area contributed by atoms with Crippen molar-refractivity contribution in [1.29, 1.82) is 0 Å². The Kier molecular flexibility index (Phi) is 4.06. The van der Waals surface area contributed by atoms with Crippen molar-refractivity contribution in [2.75, 3.05) is 0 Å². The molecule has 0 spiro atoms. The minimum Gasteiger partial charge on any atom is -0.321 e. The molecule has 0 amide bonds. The fourth-order valence-electron chi connectivity index (χ4n) is 3.35. The lowest BCUT2D eigenvalue weighted by molar-refractivity contribution is 0.202. The number of rotatable bonds is 3. The molecule has 1 aliphatic rings. The Bertz CT molecular complexity index is 402. The highest BCUT2D eigenvalue weighted by molar-refractivity contribution is 5.25. The summed E-state index contributed by atoms with van der Waals surface area (Å²) in [4.78, 5) is 0. The van der Waals surface area contributed by atoms with Crippen molar-refractivity contribution in [2.45, 2.75) is 51.5 Å². The zero-order valence-electron chi connectivity index (χ0n) is 11.5. The van der Waals surface area contributed by atoms with E-state index in [1.807, 2.05) is 6.07 Å². The monoisotopic (exact) mass is 249 g/mol. The van der Waals surface area contributed by atoms with Gasteiger partial charge in [-0.3, -0.25) is 0 Å². The van der Waals surface area contributed by atoms with E-state index in [-0.39, 0.29) is 11.4 Å². The van der Waals surface area contributed by atoms with Crippen molar-refractivity contribution in [3.8, 4) is 0 Å². The maximum absolute atomic E-state index is 13.3. The first-order valence-electron chi connectivity index (χ1n) is 7.04. The molecule has 2 heteroatoms. The first kappa shape index (κ1) is 13.5. The first-order chi connectivity index (χ1) is 8.49. The van der Waals surface area contributed by atoms with Gasteiger partial charge in [0.1, 0.15) is 5.82 Å². The van der Waals surface area contributed by atoms with Crippen LogP contribution in [0, 0.1) is 17.7 Å². The van der Waals surface area contributed by atoms with E-state index in [9.17, 15) is 4.39 Å². The molecule has 1 saturated carbocycles. The second kappa shape index (κ2) is 5.40. The van der Waals surface area contributed by atoms with Crippen molar-refractivity contribution < 1.29 is 4.39 Å². The molecule has 1 aliphatic carbocycles. The topological polar surface area (TPSA) is 26.0 Å². The molecule has 18 heavy (non-hydrogen) atoms. The van der Waals surface area contributed by atoms with Gasteiger partial charge in [-0.05, 0) is 48.8 Å². The third kappa shape index (κ3) is 3.11.